The Morgan fingerprint density at radius 1 is 1.15 bits per heavy atom. The second-order valence-corrected chi connectivity index (χ2v) is 8.38. The zero-order valence-corrected chi connectivity index (χ0v) is 17.8. The molecule has 1 aliphatic rings. The van der Waals surface area contributed by atoms with Gasteiger partial charge in [0.05, 0.1) is 11.1 Å². The van der Waals surface area contributed by atoms with Crippen LogP contribution in [0.25, 0.3) is 0 Å². The number of hydrogen-bond acceptors (Lipinski definition) is 3. The maximum Gasteiger partial charge on any atom is 0.317 e. The molecule has 1 N–H and O–H groups in total. The molecule has 0 bridgehead atoms. The van der Waals surface area contributed by atoms with Gasteiger partial charge in [-0.1, -0.05) is 18.6 Å². The van der Waals surface area contributed by atoms with Gasteiger partial charge in [-0.3, -0.25) is 9.59 Å². The van der Waals surface area contributed by atoms with Crippen LogP contribution in [0.1, 0.15) is 30.4 Å². The Bertz CT molecular complexity index is 856. The number of aryl methyl sites for hydroxylation is 1. The van der Waals surface area contributed by atoms with Gasteiger partial charge in [0.2, 0.25) is 0 Å². The lowest BCUT2D eigenvalue weighted by Gasteiger charge is -2.39. The standard InChI is InChI=1S/C20H18Br2FNO3/c1-12-9-15(21)18(16(22)10-12)24-17(25)11-27-19(26)20(7-2-8-20)13-3-5-14(23)6-4-13/h3-6,9-10H,2,7-8,11H2,1H3,(H,24,25). The number of amides is 1. The molecule has 4 nitrogen and oxygen atoms in total. The second-order valence-electron chi connectivity index (χ2n) is 6.67. The zero-order valence-electron chi connectivity index (χ0n) is 14.7. The average Bonchev–Trinajstić information content (AvgIpc) is 2.57. The Morgan fingerprint density at radius 2 is 1.74 bits per heavy atom. The van der Waals surface area contributed by atoms with E-state index in [-0.39, 0.29) is 12.4 Å². The maximum atomic E-state index is 13.2. The van der Waals surface area contributed by atoms with Crippen LogP contribution in [-0.4, -0.2) is 18.5 Å². The molecule has 2 aromatic carbocycles. The Morgan fingerprint density at radius 3 is 2.26 bits per heavy atom. The molecule has 27 heavy (non-hydrogen) atoms. The van der Waals surface area contributed by atoms with Gasteiger partial charge < -0.3 is 10.1 Å². The third kappa shape index (κ3) is 4.24. The fraction of sp³-hybridized carbons (Fsp3) is 0.300. The molecular formula is C20H18Br2FNO3. The normalized spacial score (nSPS) is 15.0. The summed E-state index contributed by atoms with van der Waals surface area (Å²) in [5.41, 5.74) is 1.56. The molecular weight excluding hydrogens is 481 g/mol. The molecule has 1 fully saturated rings. The number of nitrogens with one attached hydrogen (secondary N) is 1. The summed E-state index contributed by atoms with van der Waals surface area (Å²) in [6.07, 6.45) is 2.16. The van der Waals surface area contributed by atoms with Gasteiger partial charge in [-0.2, -0.15) is 0 Å². The van der Waals surface area contributed by atoms with Crippen LogP contribution < -0.4 is 5.32 Å². The topological polar surface area (TPSA) is 55.4 Å². The third-order valence-corrected chi connectivity index (χ3v) is 6.03. The van der Waals surface area contributed by atoms with Gasteiger partial charge in [0.15, 0.2) is 6.61 Å². The van der Waals surface area contributed by atoms with Crippen LogP contribution in [-0.2, 0) is 19.7 Å². The number of rotatable bonds is 5. The summed E-state index contributed by atoms with van der Waals surface area (Å²) in [5.74, 6) is -1.23. The average molecular weight is 499 g/mol. The van der Waals surface area contributed by atoms with E-state index in [0.717, 1.165) is 26.5 Å². The molecule has 1 amide bonds. The van der Waals surface area contributed by atoms with E-state index in [9.17, 15) is 14.0 Å². The number of anilines is 1. The van der Waals surface area contributed by atoms with Gasteiger partial charge >= 0.3 is 5.97 Å². The van der Waals surface area contributed by atoms with Gasteiger partial charge in [-0.05, 0) is 87.0 Å². The second kappa shape index (κ2) is 8.10. The smallest absolute Gasteiger partial charge is 0.317 e. The molecule has 0 aromatic heterocycles. The van der Waals surface area contributed by atoms with Gasteiger partial charge in [0, 0.05) is 8.95 Å². The van der Waals surface area contributed by atoms with E-state index in [1.54, 1.807) is 12.1 Å². The van der Waals surface area contributed by atoms with Crippen molar-refractivity contribution >= 4 is 49.4 Å². The summed E-state index contributed by atoms with van der Waals surface area (Å²) in [5, 5.41) is 2.74. The van der Waals surface area contributed by atoms with Crippen LogP contribution in [0.4, 0.5) is 10.1 Å². The van der Waals surface area contributed by atoms with E-state index in [0.29, 0.717) is 18.5 Å². The first-order valence-corrected chi connectivity index (χ1v) is 10.1. The first-order valence-electron chi connectivity index (χ1n) is 8.50. The number of carbonyl (C=O) groups excluding carboxylic acids is 2. The van der Waals surface area contributed by atoms with Crippen molar-refractivity contribution in [3.05, 3.63) is 62.3 Å². The largest absolute Gasteiger partial charge is 0.455 e. The molecule has 142 valence electrons. The Labute approximate surface area is 173 Å². The van der Waals surface area contributed by atoms with E-state index in [4.69, 9.17) is 4.74 Å². The van der Waals surface area contributed by atoms with E-state index in [1.807, 2.05) is 19.1 Å². The summed E-state index contributed by atoms with van der Waals surface area (Å²) in [4.78, 5) is 24.9. The molecule has 2 aromatic rings. The predicted octanol–water partition coefficient (Wildman–Crippen LogP) is 5.26. The minimum Gasteiger partial charge on any atom is -0.455 e. The van der Waals surface area contributed by atoms with Crippen LogP contribution in [0.15, 0.2) is 45.3 Å². The SMILES string of the molecule is Cc1cc(Br)c(NC(=O)COC(=O)C2(c3ccc(F)cc3)CCC2)c(Br)c1. The van der Waals surface area contributed by atoms with Gasteiger partial charge in [-0.25, -0.2) is 4.39 Å². The number of esters is 1. The highest BCUT2D eigenvalue weighted by atomic mass is 79.9. The Hall–Kier alpha value is -1.73. The summed E-state index contributed by atoms with van der Waals surface area (Å²) >= 11 is 6.82. The molecule has 0 atom stereocenters. The summed E-state index contributed by atoms with van der Waals surface area (Å²) in [7, 11) is 0. The first kappa shape index (κ1) is 20.0. The molecule has 0 spiro atoms. The highest BCUT2D eigenvalue weighted by Crippen LogP contribution is 2.44. The van der Waals surface area contributed by atoms with E-state index < -0.39 is 17.3 Å². The van der Waals surface area contributed by atoms with Gasteiger partial charge in [0.25, 0.3) is 5.91 Å². The maximum absolute atomic E-state index is 13.2. The lowest BCUT2D eigenvalue weighted by molar-refractivity contribution is -0.156. The molecule has 3 rings (SSSR count). The molecule has 7 heteroatoms. The molecule has 0 radical (unpaired) electrons. The highest BCUT2D eigenvalue weighted by molar-refractivity contribution is 9.11. The number of ether oxygens (including phenoxy) is 1. The minimum absolute atomic E-state index is 0.352. The molecule has 1 saturated carbocycles. The van der Waals surface area contributed by atoms with E-state index in [2.05, 4.69) is 37.2 Å². The zero-order chi connectivity index (χ0) is 19.6. The summed E-state index contributed by atoms with van der Waals surface area (Å²) in [6.45, 7) is 1.56. The molecule has 0 heterocycles. The van der Waals surface area contributed by atoms with Crippen LogP contribution in [0.3, 0.4) is 0 Å². The molecule has 0 unspecified atom stereocenters. The predicted molar refractivity (Wildman–Crippen MR) is 108 cm³/mol. The highest BCUT2D eigenvalue weighted by Gasteiger charge is 2.47. The Kier molecular flexibility index (Phi) is 6.01. The molecule has 0 aliphatic heterocycles. The van der Waals surface area contributed by atoms with Crippen LogP contribution >= 0.6 is 31.9 Å². The number of hydrogen-bond donors (Lipinski definition) is 1. The van der Waals surface area contributed by atoms with Gasteiger partial charge in [-0.15, -0.1) is 0 Å². The third-order valence-electron chi connectivity index (χ3n) is 4.78. The van der Waals surface area contributed by atoms with Crippen molar-refractivity contribution in [1.29, 1.82) is 0 Å². The van der Waals surface area contributed by atoms with Gasteiger partial charge in [0.1, 0.15) is 5.82 Å². The first-order chi connectivity index (χ1) is 12.8. The number of halogens is 3. The van der Waals surface area contributed by atoms with E-state index in [1.165, 1.54) is 12.1 Å². The summed E-state index contributed by atoms with van der Waals surface area (Å²) < 4.78 is 19.9. The summed E-state index contributed by atoms with van der Waals surface area (Å²) in [6, 6.07) is 9.64. The number of carbonyl (C=O) groups is 2. The molecule has 1 aliphatic carbocycles. The molecule has 0 saturated heterocycles. The van der Waals surface area contributed by atoms with Crippen molar-refractivity contribution in [3.8, 4) is 0 Å². The quantitative estimate of drug-likeness (QED) is 0.572. The fourth-order valence-corrected chi connectivity index (χ4v) is 4.79. The van der Waals surface area contributed by atoms with Crippen molar-refractivity contribution in [3.63, 3.8) is 0 Å². The van der Waals surface area contributed by atoms with Crippen LogP contribution in [0.2, 0.25) is 0 Å². The lowest BCUT2D eigenvalue weighted by atomic mass is 9.64. The fourth-order valence-electron chi connectivity index (χ4n) is 3.17. The van der Waals surface area contributed by atoms with Crippen LogP contribution in [0.5, 0.6) is 0 Å². The van der Waals surface area contributed by atoms with Crippen molar-refractivity contribution in [2.24, 2.45) is 0 Å². The van der Waals surface area contributed by atoms with Crippen molar-refractivity contribution in [1.82, 2.24) is 0 Å². The minimum atomic E-state index is -0.779. The monoisotopic (exact) mass is 497 g/mol. The van der Waals surface area contributed by atoms with Crippen molar-refractivity contribution < 1.29 is 18.7 Å². The lowest BCUT2D eigenvalue weighted by Crippen LogP contribution is -2.44. The van der Waals surface area contributed by atoms with Crippen molar-refractivity contribution in [2.45, 2.75) is 31.6 Å². The number of benzene rings is 2. The van der Waals surface area contributed by atoms with Crippen molar-refractivity contribution in [2.75, 3.05) is 11.9 Å². The Balaban J connectivity index is 1.65. The van der Waals surface area contributed by atoms with Crippen LogP contribution in [0, 0.1) is 12.7 Å². The van der Waals surface area contributed by atoms with E-state index >= 15 is 0 Å².